The molecule has 0 fully saturated rings. The molecule has 1 aromatic rings. The molecule has 0 radical (unpaired) electrons. The number of benzene rings is 1. The van der Waals surface area contributed by atoms with Crippen LogP contribution in [-0.4, -0.2) is 33.2 Å². The van der Waals surface area contributed by atoms with E-state index in [2.05, 4.69) is 125 Å². The standard InChI is InChI=1S/2C12H27N3P.C6H6.6Li/c2*1-10(2,3)13-16(14-11(4,5)6)15-12(7,8)9;1-2-4-6-5-3-1;;;;;;/h2*1-9H3;1-6H;;;;;;/q2*-3;;6*+1. The Morgan fingerprint density at radius 3 is 0.409 bits per heavy atom. The van der Waals surface area contributed by atoms with Crippen LogP contribution in [0.5, 0.6) is 0 Å². The molecule has 0 aliphatic rings. The maximum atomic E-state index is 4.71. The van der Waals surface area contributed by atoms with E-state index >= 15 is 0 Å². The maximum absolute atomic E-state index is 4.71. The summed E-state index contributed by atoms with van der Waals surface area (Å²) in [6.45, 7) is 37.7. The summed E-state index contributed by atoms with van der Waals surface area (Å²) in [6.07, 6.45) is 0. The monoisotopic (exact) mass is 609 g/mol. The summed E-state index contributed by atoms with van der Waals surface area (Å²) in [6, 6.07) is 12.0. The first kappa shape index (κ1) is 65.8. The van der Waals surface area contributed by atoms with E-state index < -0.39 is 16.7 Å². The molecule has 1 aromatic carbocycles. The van der Waals surface area contributed by atoms with Crippen molar-refractivity contribution in [3.05, 3.63) is 66.9 Å². The van der Waals surface area contributed by atoms with Gasteiger partial charge in [-0.3, -0.25) is 0 Å². The van der Waals surface area contributed by atoms with Gasteiger partial charge in [0, 0.05) is 0 Å². The number of rotatable bonds is 6. The van der Waals surface area contributed by atoms with Gasteiger partial charge >= 0.3 is 113 Å². The van der Waals surface area contributed by atoms with Crippen LogP contribution in [0.2, 0.25) is 0 Å². The molecular weight excluding hydrogens is 548 g/mol. The second kappa shape index (κ2) is 29.0. The Kier molecular flexibility index (Phi) is 43.4. The first-order valence-corrected chi connectivity index (χ1v) is 15.9. The van der Waals surface area contributed by atoms with Crippen LogP contribution in [0.15, 0.2) is 36.4 Å². The molecule has 14 heteroatoms. The van der Waals surface area contributed by atoms with Gasteiger partial charge in [0.1, 0.15) is 0 Å². The van der Waals surface area contributed by atoms with Crippen LogP contribution in [0.1, 0.15) is 125 Å². The van der Waals surface area contributed by atoms with Crippen molar-refractivity contribution >= 4 is 16.7 Å². The Bertz CT molecular complexity index is 590. The van der Waals surface area contributed by atoms with Crippen molar-refractivity contribution in [2.75, 3.05) is 0 Å². The molecule has 0 saturated heterocycles. The second-order valence-corrected chi connectivity index (χ2v) is 17.6. The van der Waals surface area contributed by atoms with Gasteiger partial charge in [-0.2, -0.15) is 0 Å². The van der Waals surface area contributed by atoms with Crippen LogP contribution >= 0.6 is 16.7 Å². The fourth-order valence-electron chi connectivity index (χ4n) is 2.13. The molecule has 0 aromatic heterocycles. The molecule has 0 unspecified atom stereocenters. The third-order valence-electron chi connectivity index (χ3n) is 3.00. The van der Waals surface area contributed by atoms with Crippen LogP contribution in [0.25, 0.3) is 30.5 Å². The predicted molar refractivity (Wildman–Crippen MR) is 179 cm³/mol. The van der Waals surface area contributed by atoms with E-state index in [0.29, 0.717) is 0 Å². The van der Waals surface area contributed by atoms with Gasteiger partial charge in [0.05, 0.1) is 0 Å². The van der Waals surface area contributed by atoms with Crippen molar-refractivity contribution in [3.63, 3.8) is 0 Å². The van der Waals surface area contributed by atoms with Gasteiger partial charge < -0.3 is 47.3 Å². The second-order valence-electron chi connectivity index (χ2n) is 15.3. The minimum atomic E-state index is -0.950. The third-order valence-corrected chi connectivity index (χ3v) is 7.68. The molecule has 0 spiro atoms. The fraction of sp³-hybridized carbons (Fsp3) is 0.800. The van der Waals surface area contributed by atoms with Crippen molar-refractivity contribution in [1.82, 2.24) is 0 Å². The Morgan fingerprint density at radius 2 is 0.341 bits per heavy atom. The number of hydrogen-bond donors (Lipinski definition) is 0. The molecule has 0 amide bonds. The van der Waals surface area contributed by atoms with Crippen molar-refractivity contribution in [3.8, 4) is 0 Å². The molecule has 0 N–H and O–H groups in total. The van der Waals surface area contributed by atoms with Crippen LogP contribution in [0, 0.1) is 0 Å². The molecule has 0 atom stereocenters. The van der Waals surface area contributed by atoms with Gasteiger partial charge in [-0.15, -0.1) is 33.2 Å². The molecule has 0 aliphatic heterocycles. The minimum absolute atomic E-state index is 0. The number of nitrogens with zero attached hydrogens (tertiary/aromatic N) is 6. The summed E-state index contributed by atoms with van der Waals surface area (Å²) in [4.78, 5) is 0. The SMILES string of the molecule is CC(C)(C)[N-]P([N-]C(C)(C)C)[N-]C(C)(C)C.CC(C)(C)[N-]P([N-]C(C)(C)C)[N-]C(C)(C)C.[Li+].[Li+].[Li+].[Li+].[Li+].[Li+].c1ccccc1. The molecule has 0 saturated carbocycles. The average Bonchev–Trinajstić information content (AvgIpc) is 2.55. The maximum Gasteiger partial charge on any atom is 1.00 e. The molecule has 0 bridgehead atoms. The molecule has 0 heterocycles. The molecule has 0 aliphatic carbocycles. The van der Waals surface area contributed by atoms with Crippen molar-refractivity contribution < 1.29 is 113 Å². The van der Waals surface area contributed by atoms with Crippen molar-refractivity contribution in [2.24, 2.45) is 0 Å². The normalized spacial score (nSPS) is 11.7. The summed E-state index contributed by atoms with van der Waals surface area (Å²) < 4.78 is 0. The van der Waals surface area contributed by atoms with E-state index in [1.165, 1.54) is 0 Å². The molecular formula is C30H60Li6N6P2. The van der Waals surface area contributed by atoms with E-state index in [1.807, 2.05) is 36.4 Å². The largest absolute Gasteiger partial charge is 1.00 e. The molecule has 6 nitrogen and oxygen atoms in total. The van der Waals surface area contributed by atoms with E-state index in [1.54, 1.807) is 0 Å². The summed E-state index contributed by atoms with van der Waals surface area (Å²) in [7, 11) is -1.90. The number of hydrogen-bond acceptors (Lipinski definition) is 0. The molecule has 1 rings (SSSR count). The van der Waals surface area contributed by atoms with Crippen LogP contribution < -0.4 is 113 Å². The topological polar surface area (TPSA) is 84.6 Å². The first-order valence-electron chi connectivity index (χ1n) is 13.5. The average molecular weight is 608 g/mol. The fourth-order valence-corrected chi connectivity index (χ4v) is 5.62. The molecule has 226 valence electrons. The summed E-state index contributed by atoms with van der Waals surface area (Å²) in [5.74, 6) is 0. The summed E-state index contributed by atoms with van der Waals surface area (Å²) in [5, 5.41) is 28.3. The van der Waals surface area contributed by atoms with Gasteiger partial charge in [0.2, 0.25) is 0 Å². The zero-order valence-electron chi connectivity index (χ0n) is 34.0. The molecule has 44 heavy (non-hydrogen) atoms. The van der Waals surface area contributed by atoms with Gasteiger partial charge in [-0.1, -0.05) is 161 Å². The van der Waals surface area contributed by atoms with Gasteiger partial charge in [-0.25, -0.2) is 0 Å². The summed E-state index contributed by atoms with van der Waals surface area (Å²) in [5.41, 5.74) is -0.445. The minimum Gasteiger partial charge on any atom is -0.667 e. The summed E-state index contributed by atoms with van der Waals surface area (Å²) >= 11 is 0. The quantitative estimate of drug-likeness (QED) is 0.230. The van der Waals surface area contributed by atoms with E-state index in [0.717, 1.165) is 0 Å². The Balaban J connectivity index is -0.0000000738. The van der Waals surface area contributed by atoms with Crippen LogP contribution in [-0.2, 0) is 0 Å². The Labute approximate surface area is 351 Å². The zero-order valence-corrected chi connectivity index (χ0v) is 35.8. The van der Waals surface area contributed by atoms with Gasteiger partial charge in [-0.05, 0) is 0 Å². The van der Waals surface area contributed by atoms with Crippen LogP contribution in [0.3, 0.4) is 0 Å². The Morgan fingerprint density at radius 1 is 0.250 bits per heavy atom. The van der Waals surface area contributed by atoms with Gasteiger partial charge in [0.25, 0.3) is 0 Å². The smallest absolute Gasteiger partial charge is 0.667 e. The van der Waals surface area contributed by atoms with Crippen molar-refractivity contribution in [2.45, 2.75) is 158 Å². The first-order chi connectivity index (χ1) is 16.6. The van der Waals surface area contributed by atoms with Crippen LogP contribution in [0.4, 0.5) is 0 Å². The Hall–Kier alpha value is 3.42. The predicted octanol–water partition coefficient (Wildman–Crippen LogP) is -4.83. The zero-order chi connectivity index (χ0) is 30.6. The van der Waals surface area contributed by atoms with E-state index in [9.17, 15) is 0 Å². The van der Waals surface area contributed by atoms with E-state index in [4.69, 9.17) is 30.5 Å². The van der Waals surface area contributed by atoms with Crippen molar-refractivity contribution in [1.29, 1.82) is 0 Å². The van der Waals surface area contributed by atoms with Gasteiger partial charge in [0.15, 0.2) is 0 Å². The third kappa shape index (κ3) is 57.7. The van der Waals surface area contributed by atoms with E-state index in [-0.39, 0.29) is 146 Å².